The van der Waals surface area contributed by atoms with Gasteiger partial charge < -0.3 is 9.67 Å². The van der Waals surface area contributed by atoms with Gasteiger partial charge in [0, 0.05) is 28.7 Å². The molecule has 3 heteroatoms. The van der Waals surface area contributed by atoms with Gasteiger partial charge in [-0.05, 0) is 43.9 Å². The van der Waals surface area contributed by atoms with Crippen LogP contribution in [0.2, 0.25) is 0 Å². The molecule has 120 valence electrons. The standard InChI is InChI=1S/C20H24N2O/c1-2-20-9-5-10-21-11-8-16-15-6-3-4-7-17(15)22(14(12-20)13-23)18(16)19(20)21/h3-4,6-7,12,19,23H,2,5,8-11,13H2,1H3/t19-,20+/m0/s1. The summed E-state index contributed by atoms with van der Waals surface area (Å²) in [6.45, 7) is 4.84. The van der Waals surface area contributed by atoms with E-state index >= 15 is 0 Å². The highest BCUT2D eigenvalue weighted by Crippen LogP contribution is 2.56. The van der Waals surface area contributed by atoms with Crippen LogP contribution in [0.5, 0.6) is 0 Å². The molecule has 1 aromatic heterocycles. The van der Waals surface area contributed by atoms with Gasteiger partial charge in [0.2, 0.25) is 0 Å². The highest BCUT2D eigenvalue weighted by Gasteiger charge is 2.49. The fourth-order valence-electron chi connectivity index (χ4n) is 5.50. The molecule has 4 heterocycles. The van der Waals surface area contributed by atoms with Crippen LogP contribution in [0.15, 0.2) is 30.3 Å². The van der Waals surface area contributed by atoms with Crippen molar-refractivity contribution in [2.24, 2.45) is 5.41 Å². The fraction of sp³-hybridized carbons (Fsp3) is 0.500. The summed E-state index contributed by atoms with van der Waals surface area (Å²) in [4.78, 5) is 2.70. The molecule has 1 fully saturated rings. The zero-order chi connectivity index (χ0) is 15.6. The number of aliphatic hydroxyl groups is 1. The minimum Gasteiger partial charge on any atom is -0.390 e. The van der Waals surface area contributed by atoms with Gasteiger partial charge in [-0.25, -0.2) is 0 Å². The van der Waals surface area contributed by atoms with Crippen LogP contribution in [-0.4, -0.2) is 34.3 Å². The lowest BCUT2D eigenvalue weighted by Gasteiger charge is -2.53. The lowest BCUT2D eigenvalue weighted by Crippen LogP contribution is -2.50. The monoisotopic (exact) mass is 308 g/mol. The van der Waals surface area contributed by atoms with Crippen molar-refractivity contribution < 1.29 is 5.11 Å². The maximum atomic E-state index is 10.1. The molecule has 0 aliphatic carbocycles. The van der Waals surface area contributed by atoms with Crippen molar-refractivity contribution in [3.8, 4) is 0 Å². The molecule has 23 heavy (non-hydrogen) atoms. The van der Waals surface area contributed by atoms with Crippen molar-refractivity contribution in [1.29, 1.82) is 0 Å². The second-order valence-corrected chi connectivity index (χ2v) is 7.39. The van der Waals surface area contributed by atoms with Crippen molar-refractivity contribution in [1.82, 2.24) is 9.47 Å². The van der Waals surface area contributed by atoms with Gasteiger partial charge in [-0.2, -0.15) is 0 Å². The normalized spacial score (nSPS) is 29.5. The Morgan fingerprint density at radius 3 is 2.96 bits per heavy atom. The third kappa shape index (κ3) is 1.62. The molecule has 3 aliphatic rings. The van der Waals surface area contributed by atoms with E-state index in [2.05, 4.69) is 46.7 Å². The van der Waals surface area contributed by atoms with Crippen molar-refractivity contribution in [2.75, 3.05) is 19.7 Å². The van der Waals surface area contributed by atoms with Gasteiger partial charge in [-0.3, -0.25) is 4.90 Å². The van der Waals surface area contributed by atoms with Gasteiger partial charge in [-0.1, -0.05) is 31.2 Å². The van der Waals surface area contributed by atoms with Gasteiger partial charge in [0.25, 0.3) is 0 Å². The second-order valence-electron chi connectivity index (χ2n) is 7.39. The largest absolute Gasteiger partial charge is 0.390 e. The van der Waals surface area contributed by atoms with Crippen molar-refractivity contribution in [3.05, 3.63) is 41.6 Å². The summed E-state index contributed by atoms with van der Waals surface area (Å²) in [6.07, 6.45) is 7.22. The average molecular weight is 308 g/mol. The summed E-state index contributed by atoms with van der Waals surface area (Å²) in [7, 11) is 0. The smallest absolute Gasteiger partial charge is 0.0833 e. The maximum absolute atomic E-state index is 10.1. The first kappa shape index (κ1) is 13.8. The summed E-state index contributed by atoms with van der Waals surface area (Å²) >= 11 is 0. The molecule has 0 saturated carbocycles. The molecule has 0 amide bonds. The Kier molecular flexibility index (Phi) is 2.83. The third-order valence-electron chi connectivity index (χ3n) is 6.49. The molecular weight excluding hydrogens is 284 g/mol. The van der Waals surface area contributed by atoms with E-state index in [-0.39, 0.29) is 12.0 Å². The third-order valence-corrected chi connectivity index (χ3v) is 6.49. The van der Waals surface area contributed by atoms with Crippen LogP contribution in [0.25, 0.3) is 16.6 Å². The summed E-state index contributed by atoms with van der Waals surface area (Å²) in [5.41, 5.74) is 5.57. The number of fused-ring (bicyclic) bond motifs is 3. The van der Waals surface area contributed by atoms with Crippen LogP contribution in [0.1, 0.15) is 43.5 Å². The van der Waals surface area contributed by atoms with Crippen molar-refractivity contribution in [3.63, 3.8) is 0 Å². The van der Waals surface area contributed by atoms with E-state index in [1.165, 1.54) is 48.1 Å². The summed E-state index contributed by atoms with van der Waals surface area (Å²) in [6, 6.07) is 9.23. The number of rotatable bonds is 2. The highest BCUT2D eigenvalue weighted by molar-refractivity contribution is 5.90. The molecular formula is C20H24N2O. The number of hydrogen-bond donors (Lipinski definition) is 1. The van der Waals surface area contributed by atoms with Crippen LogP contribution >= 0.6 is 0 Å². The van der Waals surface area contributed by atoms with E-state index in [4.69, 9.17) is 0 Å². The maximum Gasteiger partial charge on any atom is 0.0833 e. The minimum atomic E-state index is 0.125. The Morgan fingerprint density at radius 1 is 1.26 bits per heavy atom. The first-order valence-electron chi connectivity index (χ1n) is 8.98. The topological polar surface area (TPSA) is 28.4 Å². The molecule has 0 unspecified atom stereocenters. The number of nitrogens with zero attached hydrogens (tertiary/aromatic N) is 2. The summed E-state index contributed by atoms with van der Waals surface area (Å²) in [5, 5.41) is 11.5. The van der Waals surface area contributed by atoms with Crippen molar-refractivity contribution in [2.45, 2.75) is 38.6 Å². The van der Waals surface area contributed by atoms with Gasteiger partial charge in [0.05, 0.1) is 18.2 Å². The second kappa shape index (κ2) is 4.71. The molecule has 0 bridgehead atoms. The molecule has 1 N–H and O–H groups in total. The highest BCUT2D eigenvalue weighted by atomic mass is 16.3. The zero-order valence-electron chi connectivity index (χ0n) is 13.8. The van der Waals surface area contributed by atoms with Gasteiger partial charge in [0.15, 0.2) is 0 Å². The Bertz CT molecular complexity index is 818. The number of benzene rings is 1. The number of para-hydroxylation sites is 1. The average Bonchev–Trinajstić information content (AvgIpc) is 2.95. The van der Waals surface area contributed by atoms with E-state index < -0.39 is 0 Å². The van der Waals surface area contributed by atoms with Crippen LogP contribution in [-0.2, 0) is 6.42 Å². The van der Waals surface area contributed by atoms with Gasteiger partial charge in [-0.15, -0.1) is 0 Å². The Labute approximate surface area is 137 Å². The predicted molar refractivity (Wildman–Crippen MR) is 93.3 cm³/mol. The first-order valence-corrected chi connectivity index (χ1v) is 8.98. The molecule has 1 saturated heterocycles. The lowest BCUT2D eigenvalue weighted by atomic mass is 9.66. The number of aromatic nitrogens is 1. The van der Waals surface area contributed by atoms with Crippen LogP contribution < -0.4 is 0 Å². The summed E-state index contributed by atoms with van der Waals surface area (Å²) < 4.78 is 2.38. The molecule has 2 aromatic rings. The predicted octanol–water partition coefficient (Wildman–Crippen LogP) is 3.58. The van der Waals surface area contributed by atoms with E-state index in [0.29, 0.717) is 6.04 Å². The molecule has 0 radical (unpaired) electrons. The Morgan fingerprint density at radius 2 is 2.13 bits per heavy atom. The van der Waals surface area contributed by atoms with E-state index in [9.17, 15) is 5.11 Å². The van der Waals surface area contributed by atoms with Crippen LogP contribution in [0.3, 0.4) is 0 Å². The van der Waals surface area contributed by atoms with E-state index in [1.54, 1.807) is 0 Å². The number of piperidine rings is 1. The van der Waals surface area contributed by atoms with Crippen LogP contribution in [0, 0.1) is 5.41 Å². The molecule has 3 aliphatic heterocycles. The molecule has 2 atom stereocenters. The molecule has 3 nitrogen and oxygen atoms in total. The number of aliphatic hydroxyl groups excluding tert-OH is 1. The van der Waals surface area contributed by atoms with E-state index in [0.717, 1.165) is 18.5 Å². The summed E-state index contributed by atoms with van der Waals surface area (Å²) in [5.74, 6) is 0. The SMILES string of the molecule is CC[C@]12C=C(CO)n3c4c(c5ccccc53)CCN(CCC1)[C@@H]42. The quantitative estimate of drug-likeness (QED) is 0.918. The zero-order valence-corrected chi connectivity index (χ0v) is 13.8. The Balaban J connectivity index is 1.89. The van der Waals surface area contributed by atoms with E-state index in [1.807, 2.05) is 0 Å². The Hall–Kier alpha value is -1.58. The lowest BCUT2D eigenvalue weighted by molar-refractivity contribution is 0.0263. The van der Waals surface area contributed by atoms with Gasteiger partial charge >= 0.3 is 0 Å². The molecule has 5 rings (SSSR count). The molecule has 0 spiro atoms. The van der Waals surface area contributed by atoms with Crippen LogP contribution in [0.4, 0.5) is 0 Å². The molecule has 1 aromatic carbocycles. The van der Waals surface area contributed by atoms with Gasteiger partial charge in [0.1, 0.15) is 0 Å². The van der Waals surface area contributed by atoms with Crippen molar-refractivity contribution >= 4 is 16.6 Å². The minimum absolute atomic E-state index is 0.125. The fourth-order valence-corrected chi connectivity index (χ4v) is 5.50. The number of hydrogen-bond acceptors (Lipinski definition) is 2. The first-order chi connectivity index (χ1) is 11.3.